The van der Waals surface area contributed by atoms with Gasteiger partial charge in [0.15, 0.2) is 5.65 Å². The van der Waals surface area contributed by atoms with Gasteiger partial charge in [-0.2, -0.15) is 4.52 Å². The Morgan fingerprint density at radius 3 is 2.85 bits per heavy atom. The molecule has 0 fully saturated rings. The van der Waals surface area contributed by atoms with Crippen LogP contribution in [-0.2, 0) is 17.8 Å². The zero-order chi connectivity index (χ0) is 18.1. The van der Waals surface area contributed by atoms with Crippen LogP contribution in [0.1, 0.15) is 12.5 Å². The lowest BCUT2D eigenvalue weighted by Gasteiger charge is -2.11. The minimum absolute atomic E-state index is 0.114. The van der Waals surface area contributed by atoms with Crippen molar-refractivity contribution in [3.05, 3.63) is 70.6 Å². The lowest BCUT2D eigenvalue weighted by molar-refractivity contribution is -0.116. The molecule has 4 aromatic rings. The molecule has 0 unspecified atom stereocenters. The van der Waals surface area contributed by atoms with Crippen molar-refractivity contribution in [2.75, 3.05) is 5.32 Å². The highest BCUT2D eigenvalue weighted by Crippen LogP contribution is 2.13. The Morgan fingerprint density at radius 1 is 1.15 bits per heavy atom. The number of nitrogens with one attached hydrogen (secondary N) is 1. The van der Waals surface area contributed by atoms with Crippen LogP contribution in [0, 0.1) is 0 Å². The highest BCUT2D eigenvalue weighted by Gasteiger charge is 2.14. The molecule has 2 aromatic carbocycles. The highest BCUT2D eigenvalue weighted by atomic mass is 16.2. The van der Waals surface area contributed by atoms with E-state index < -0.39 is 0 Å². The van der Waals surface area contributed by atoms with Crippen LogP contribution in [0.25, 0.3) is 16.6 Å². The number of aryl methyl sites for hydroxylation is 1. The van der Waals surface area contributed by atoms with Gasteiger partial charge in [-0.05, 0) is 36.2 Å². The quantitative estimate of drug-likeness (QED) is 0.614. The van der Waals surface area contributed by atoms with E-state index in [4.69, 9.17) is 0 Å². The molecule has 2 heterocycles. The second kappa shape index (κ2) is 6.44. The number of amides is 1. The Hall–Kier alpha value is -3.48. The summed E-state index contributed by atoms with van der Waals surface area (Å²) >= 11 is 0. The van der Waals surface area contributed by atoms with Gasteiger partial charge >= 0.3 is 0 Å². The van der Waals surface area contributed by atoms with Crippen molar-refractivity contribution in [2.24, 2.45) is 0 Å². The minimum Gasteiger partial charge on any atom is -0.325 e. The molecular formula is C19H17N5O2. The number of fused-ring (bicyclic) bond motifs is 3. The first-order chi connectivity index (χ1) is 12.7. The zero-order valence-corrected chi connectivity index (χ0v) is 14.2. The number of carbonyl (C=O) groups excluding carboxylic acids is 1. The molecule has 0 aliphatic rings. The highest BCUT2D eigenvalue weighted by molar-refractivity contribution is 5.91. The number of aromatic nitrogens is 4. The summed E-state index contributed by atoms with van der Waals surface area (Å²) in [7, 11) is 0. The number of nitrogens with zero attached hydrogens (tertiary/aromatic N) is 4. The van der Waals surface area contributed by atoms with Crippen LogP contribution in [0.2, 0.25) is 0 Å². The molecule has 0 spiro atoms. The summed E-state index contributed by atoms with van der Waals surface area (Å²) in [6.07, 6.45) is 2.37. The lowest BCUT2D eigenvalue weighted by atomic mass is 10.1. The third kappa shape index (κ3) is 2.73. The molecule has 130 valence electrons. The Morgan fingerprint density at radius 2 is 2.00 bits per heavy atom. The summed E-state index contributed by atoms with van der Waals surface area (Å²) in [6.45, 7) is 1.94. The summed E-state index contributed by atoms with van der Waals surface area (Å²) < 4.78 is 2.96. The fraction of sp³-hybridized carbons (Fsp3) is 0.158. The van der Waals surface area contributed by atoms with Crippen molar-refractivity contribution in [1.82, 2.24) is 19.4 Å². The predicted octanol–water partition coefficient (Wildman–Crippen LogP) is 2.25. The average Bonchev–Trinajstić information content (AvgIpc) is 3.15. The van der Waals surface area contributed by atoms with Crippen LogP contribution in [0.4, 0.5) is 5.69 Å². The van der Waals surface area contributed by atoms with Crippen LogP contribution < -0.4 is 10.9 Å². The second-order valence-corrected chi connectivity index (χ2v) is 6.01. The minimum atomic E-state index is -0.279. The Labute approximate surface area is 148 Å². The molecule has 0 aliphatic heterocycles. The lowest BCUT2D eigenvalue weighted by Crippen LogP contribution is -2.29. The number of anilines is 1. The maximum absolute atomic E-state index is 12.8. The topological polar surface area (TPSA) is 81.3 Å². The molecule has 0 radical (unpaired) electrons. The molecular weight excluding hydrogens is 330 g/mol. The van der Waals surface area contributed by atoms with Crippen molar-refractivity contribution < 1.29 is 4.79 Å². The zero-order valence-electron chi connectivity index (χ0n) is 14.2. The fourth-order valence-electron chi connectivity index (χ4n) is 3.04. The van der Waals surface area contributed by atoms with Crippen molar-refractivity contribution >= 4 is 28.1 Å². The molecule has 0 aliphatic carbocycles. The van der Waals surface area contributed by atoms with Gasteiger partial charge < -0.3 is 5.32 Å². The average molecular weight is 347 g/mol. The molecule has 1 amide bonds. The molecule has 2 aromatic heterocycles. The number of hydrogen-bond acceptors (Lipinski definition) is 4. The number of rotatable bonds is 4. The van der Waals surface area contributed by atoms with E-state index in [1.165, 1.54) is 10.8 Å². The first kappa shape index (κ1) is 16.0. The number of benzene rings is 2. The van der Waals surface area contributed by atoms with Gasteiger partial charge in [-0.3, -0.25) is 14.2 Å². The first-order valence-corrected chi connectivity index (χ1v) is 8.38. The summed E-state index contributed by atoms with van der Waals surface area (Å²) in [5.41, 5.74) is 2.75. The molecule has 7 heteroatoms. The van der Waals surface area contributed by atoms with Gasteiger partial charge in [0.25, 0.3) is 5.56 Å². The maximum atomic E-state index is 12.8. The molecule has 0 saturated carbocycles. The van der Waals surface area contributed by atoms with Gasteiger partial charge in [0.2, 0.25) is 5.91 Å². The van der Waals surface area contributed by atoms with E-state index in [-0.39, 0.29) is 18.0 Å². The van der Waals surface area contributed by atoms with E-state index in [1.807, 2.05) is 30.3 Å². The monoisotopic (exact) mass is 347 g/mol. The van der Waals surface area contributed by atoms with Gasteiger partial charge in [0.1, 0.15) is 6.54 Å². The van der Waals surface area contributed by atoms with E-state index in [0.717, 1.165) is 12.0 Å². The molecule has 0 atom stereocenters. The third-order valence-corrected chi connectivity index (χ3v) is 4.34. The number of para-hydroxylation sites is 1. The SMILES string of the molecule is CCc1cccc(NC(=O)Cn2c(=O)c3ccccc3n3nncc23)c1. The van der Waals surface area contributed by atoms with Gasteiger partial charge in [-0.25, -0.2) is 0 Å². The molecule has 0 saturated heterocycles. The summed E-state index contributed by atoms with van der Waals surface area (Å²) in [5, 5.41) is 11.3. The van der Waals surface area contributed by atoms with Crippen molar-refractivity contribution in [2.45, 2.75) is 19.9 Å². The molecule has 26 heavy (non-hydrogen) atoms. The fourth-order valence-corrected chi connectivity index (χ4v) is 3.04. The summed E-state index contributed by atoms with van der Waals surface area (Å²) in [4.78, 5) is 25.4. The standard InChI is InChI=1S/C19H17N5O2/c1-2-13-6-5-7-14(10-13)21-17(25)12-23-18-11-20-22-24(18)16-9-4-3-8-15(16)19(23)26/h3-11H,2,12H2,1H3,(H,21,25). The maximum Gasteiger partial charge on any atom is 0.262 e. The van der Waals surface area contributed by atoms with E-state index in [9.17, 15) is 9.59 Å². The van der Waals surface area contributed by atoms with Crippen molar-refractivity contribution in [3.8, 4) is 0 Å². The predicted molar refractivity (Wildman–Crippen MR) is 99.2 cm³/mol. The summed E-state index contributed by atoms with van der Waals surface area (Å²) in [6, 6.07) is 14.8. The number of carbonyl (C=O) groups is 1. The van der Waals surface area contributed by atoms with E-state index >= 15 is 0 Å². The summed E-state index contributed by atoms with van der Waals surface area (Å²) in [5.74, 6) is -0.279. The van der Waals surface area contributed by atoms with Gasteiger partial charge in [0.05, 0.1) is 17.1 Å². The van der Waals surface area contributed by atoms with Gasteiger partial charge in [-0.1, -0.05) is 36.4 Å². The molecule has 0 bridgehead atoms. The van der Waals surface area contributed by atoms with Crippen LogP contribution in [0.3, 0.4) is 0 Å². The van der Waals surface area contributed by atoms with E-state index in [1.54, 1.807) is 22.7 Å². The first-order valence-electron chi connectivity index (χ1n) is 8.38. The third-order valence-electron chi connectivity index (χ3n) is 4.34. The molecule has 4 rings (SSSR count). The number of hydrogen-bond donors (Lipinski definition) is 1. The van der Waals surface area contributed by atoms with Crippen LogP contribution in [0.15, 0.2) is 59.5 Å². The van der Waals surface area contributed by atoms with Crippen molar-refractivity contribution in [3.63, 3.8) is 0 Å². The van der Waals surface area contributed by atoms with Crippen LogP contribution in [-0.4, -0.2) is 25.3 Å². The Bertz CT molecular complexity index is 1180. The van der Waals surface area contributed by atoms with E-state index in [2.05, 4.69) is 22.6 Å². The van der Waals surface area contributed by atoms with Crippen LogP contribution in [0.5, 0.6) is 0 Å². The Kier molecular flexibility index (Phi) is 3.96. The largest absolute Gasteiger partial charge is 0.325 e. The van der Waals surface area contributed by atoms with Crippen molar-refractivity contribution in [1.29, 1.82) is 0 Å². The van der Waals surface area contributed by atoms with Crippen LogP contribution >= 0.6 is 0 Å². The second-order valence-electron chi connectivity index (χ2n) is 6.01. The van der Waals surface area contributed by atoms with Gasteiger partial charge in [-0.15, -0.1) is 5.10 Å². The van der Waals surface area contributed by atoms with E-state index in [0.29, 0.717) is 22.2 Å². The Balaban J connectivity index is 1.72. The smallest absolute Gasteiger partial charge is 0.262 e. The molecule has 1 N–H and O–H groups in total. The molecule has 7 nitrogen and oxygen atoms in total. The normalized spacial score (nSPS) is 11.1. The van der Waals surface area contributed by atoms with Gasteiger partial charge in [0, 0.05) is 5.69 Å².